The zero-order valence-electron chi connectivity index (χ0n) is 9.07. The monoisotopic (exact) mass is 244 g/mol. The predicted octanol–water partition coefficient (Wildman–Crippen LogP) is 0.718. The molecular weight excluding hydrogens is 231 g/mol. The summed E-state index contributed by atoms with van der Waals surface area (Å²) in [4.78, 5) is 14.9. The van der Waals surface area contributed by atoms with Crippen molar-refractivity contribution in [2.75, 3.05) is 12.8 Å². The van der Waals surface area contributed by atoms with Crippen molar-refractivity contribution >= 4 is 16.7 Å². The van der Waals surface area contributed by atoms with Crippen LogP contribution in [0.3, 0.4) is 0 Å². The largest absolute Gasteiger partial charge is 0.351 e. The number of carbonyl (C=O) groups excluding carboxylic acids is 1. The van der Waals surface area contributed by atoms with E-state index in [2.05, 4.69) is 10.3 Å². The standard InChI is InChI=1S/C10H13FN2O2S/c1-7(16(2)15)6-13-10(14)8-3-4-12-9(11)5-8/h3-5,7H,6H2,1-2H3,(H,13,14). The average molecular weight is 244 g/mol. The minimum absolute atomic E-state index is 0.129. The van der Waals surface area contributed by atoms with Crippen molar-refractivity contribution in [3.05, 3.63) is 29.8 Å². The predicted molar refractivity (Wildman–Crippen MR) is 60.1 cm³/mol. The van der Waals surface area contributed by atoms with Crippen LogP contribution in [0, 0.1) is 5.95 Å². The third-order valence-electron chi connectivity index (χ3n) is 2.11. The quantitative estimate of drug-likeness (QED) is 0.794. The molecule has 0 aliphatic heterocycles. The van der Waals surface area contributed by atoms with Crippen LogP contribution >= 0.6 is 0 Å². The van der Waals surface area contributed by atoms with Gasteiger partial charge in [0.25, 0.3) is 5.91 Å². The molecule has 0 aromatic carbocycles. The van der Waals surface area contributed by atoms with Gasteiger partial charge in [-0.15, -0.1) is 0 Å². The molecule has 0 radical (unpaired) electrons. The zero-order valence-corrected chi connectivity index (χ0v) is 9.88. The van der Waals surface area contributed by atoms with Crippen LogP contribution in [0.4, 0.5) is 4.39 Å². The third kappa shape index (κ3) is 3.69. The maximum atomic E-state index is 12.7. The van der Waals surface area contributed by atoms with Gasteiger partial charge in [0.15, 0.2) is 0 Å². The lowest BCUT2D eigenvalue weighted by Gasteiger charge is -2.09. The van der Waals surface area contributed by atoms with Crippen molar-refractivity contribution < 1.29 is 13.4 Å². The molecule has 2 atom stereocenters. The highest BCUT2D eigenvalue weighted by Gasteiger charge is 2.10. The van der Waals surface area contributed by atoms with E-state index in [-0.39, 0.29) is 10.8 Å². The number of aromatic nitrogens is 1. The molecule has 1 heterocycles. The molecule has 1 N–H and O–H groups in total. The summed E-state index contributed by atoms with van der Waals surface area (Å²) in [6.45, 7) is 2.06. The van der Waals surface area contributed by atoms with Gasteiger partial charge in [-0.25, -0.2) is 4.98 Å². The summed E-state index contributed by atoms with van der Waals surface area (Å²) in [6.07, 6.45) is 2.80. The summed E-state index contributed by atoms with van der Waals surface area (Å²) in [5.74, 6) is -1.08. The molecule has 0 aliphatic carbocycles. The lowest BCUT2D eigenvalue weighted by molar-refractivity contribution is 0.0953. The average Bonchev–Trinajstić information content (AvgIpc) is 2.25. The van der Waals surface area contributed by atoms with E-state index < -0.39 is 22.7 Å². The van der Waals surface area contributed by atoms with Crippen LogP contribution in [-0.4, -0.2) is 33.2 Å². The maximum Gasteiger partial charge on any atom is 0.251 e. The fourth-order valence-electron chi connectivity index (χ4n) is 1.000. The van der Waals surface area contributed by atoms with Gasteiger partial charge in [-0.3, -0.25) is 9.00 Å². The Bertz CT molecular complexity index is 412. The third-order valence-corrected chi connectivity index (χ3v) is 3.41. The van der Waals surface area contributed by atoms with Crippen molar-refractivity contribution in [1.29, 1.82) is 0 Å². The van der Waals surface area contributed by atoms with Gasteiger partial charge in [-0.2, -0.15) is 4.39 Å². The molecule has 0 saturated carbocycles. The van der Waals surface area contributed by atoms with E-state index in [1.807, 2.05) is 0 Å². The second-order valence-corrected chi connectivity index (χ2v) is 5.19. The van der Waals surface area contributed by atoms with E-state index >= 15 is 0 Å². The maximum absolute atomic E-state index is 12.7. The molecule has 1 aromatic rings. The van der Waals surface area contributed by atoms with Crippen LogP contribution in [0.1, 0.15) is 17.3 Å². The Morgan fingerprint density at radius 3 is 2.94 bits per heavy atom. The molecule has 1 rings (SSSR count). The molecule has 16 heavy (non-hydrogen) atoms. The molecule has 1 amide bonds. The number of rotatable bonds is 4. The first-order valence-corrected chi connectivity index (χ1v) is 6.35. The van der Waals surface area contributed by atoms with E-state index in [1.54, 1.807) is 13.2 Å². The number of hydrogen-bond acceptors (Lipinski definition) is 3. The summed E-state index contributed by atoms with van der Waals surface area (Å²) in [7, 11) is -0.989. The van der Waals surface area contributed by atoms with Crippen LogP contribution in [-0.2, 0) is 10.8 Å². The first kappa shape index (κ1) is 12.8. The van der Waals surface area contributed by atoms with E-state index in [0.717, 1.165) is 6.07 Å². The molecule has 0 fully saturated rings. The number of hydrogen-bond donors (Lipinski definition) is 1. The van der Waals surface area contributed by atoms with Crippen LogP contribution in [0.25, 0.3) is 0 Å². The smallest absolute Gasteiger partial charge is 0.251 e. The number of pyridine rings is 1. The van der Waals surface area contributed by atoms with Gasteiger partial charge in [0.1, 0.15) is 0 Å². The number of carbonyl (C=O) groups is 1. The van der Waals surface area contributed by atoms with E-state index in [9.17, 15) is 13.4 Å². The fraction of sp³-hybridized carbons (Fsp3) is 0.400. The highest BCUT2D eigenvalue weighted by Crippen LogP contribution is 2.00. The minimum Gasteiger partial charge on any atom is -0.351 e. The van der Waals surface area contributed by atoms with Crippen LogP contribution in [0.2, 0.25) is 0 Å². The zero-order chi connectivity index (χ0) is 12.1. The van der Waals surface area contributed by atoms with E-state index in [4.69, 9.17) is 0 Å². The molecule has 0 aliphatic rings. The topological polar surface area (TPSA) is 59.1 Å². The Morgan fingerprint density at radius 1 is 1.69 bits per heavy atom. The van der Waals surface area contributed by atoms with Crippen LogP contribution in [0.5, 0.6) is 0 Å². The lowest BCUT2D eigenvalue weighted by atomic mass is 10.2. The molecule has 6 heteroatoms. The Labute approximate surface area is 95.7 Å². The summed E-state index contributed by atoms with van der Waals surface area (Å²) in [5, 5.41) is 2.45. The highest BCUT2D eigenvalue weighted by atomic mass is 32.2. The second kappa shape index (κ2) is 5.69. The molecule has 0 spiro atoms. The summed E-state index contributed by atoms with van der Waals surface area (Å²) >= 11 is 0. The van der Waals surface area contributed by atoms with Crippen molar-refractivity contribution in [3.63, 3.8) is 0 Å². The van der Waals surface area contributed by atoms with Crippen molar-refractivity contribution in [2.24, 2.45) is 0 Å². The minimum atomic E-state index is -0.989. The Balaban J connectivity index is 2.56. The Kier molecular flexibility index (Phi) is 4.54. The molecule has 2 unspecified atom stereocenters. The van der Waals surface area contributed by atoms with Crippen LogP contribution in [0.15, 0.2) is 18.3 Å². The van der Waals surface area contributed by atoms with Gasteiger partial charge >= 0.3 is 0 Å². The van der Waals surface area contributed by atoms with E-state index in [1.165, 1.54) is 12.3 Å². The fourth-order valence-corrected chi connectivity index (χ4v) is 1.32. The van der Waals surface area contributed by atoms with E-state index in [0.29, 0.717) is 6.54 Å². The second-order valence-electron chi connectivity index (χ2n) is 3.39. The molecular formula is C10H13FN2O2S. The summed E-state index contributed by atoms with van der Waals surface area (Å²) < 4.78 is 23.8. The highest BCUT2D eigenvalue weighted by molar-refractivity contribution is 7.84. The summed E-state index contributed by atoms with van der Waals surface area (Å²) in [5.41, 5.74) is 0.210. The molecule has 0 bridgehead atoms. The normalized spacial score (nSPS) is 14.2. The van der Waals surface area contributed by atoms with Gasteiger partial charge in [-0.1, -0.05) is 0 Å². The molecule has 0 saturated heterocycles. The van der Waals surface area contributed by atoms with Crippen molar-refractivity contribution in [2.45, 2.75) is 12.2 Å². The first-order chi connectivity index (χ1) is 7.50. The van der Waals surface area contributed by atoms with Gasteiger partial charge in [-0.05, 0) is 13.0 Å². The Morgan fingerprint density at radius 2 is 2.38 bits per heavy atom. The molecule has 88 valence electrons. The van der Waals surface area contributed by atoms with Crippen LogP contribution < -0.4 is 5.32 Å². The van der Waals surface area contributed by atoms with Gasteiger partial charge in [0.2, 0.25) is 5.95 Å². The number of halogens is 1. The number of amides is 1. The van der Waals surface area contributed by atoms with Gasteiger partial charge < -0.3 is 5.32 Å². The lowest BCUT2D eigenvalue weighted by Crippen LogP contribution is -2.32. The SMILES string of the molecule is CC(CNC(=O)c1ccnc(F)c1)S(C)=O. The van der Waals surface area contributed by atoms with Crippen molar-refractivity contribution in [3.8, 4) is 0 Å². The number of nitrogens with zero attached hydrogens (tertiary/aromatic N) is 1. The molecule has 1 aromatic heterocycles. The van der Waals surface area contributed by atoms with Gasteiger partial charge in [0, 0.05) is 46.7 Å². The summed E-state index contributed by atoms with van der Waals surface area (Å²) in [6, 6.07) is 2.48. The molecule has 4 nitrogen and oxygen atoms in total. The Hall–Kier alpha value is -1.30. The van der Waals surface area contributed by atoms with Gasteiger partial charge in [0.05, 0.1) is 0 Å². The number of nitrogens with one attached hydrogen (secondary N) is 1. The van der Waals surface area contributed by atoms with Crippen molar-refractivity contribution in [1.82, 2.24) is 10.3 Å². The first-order valence-electron chi connectivity index (χ1n) is 4.72.